The molecule has 0 fully saturated rings. The molecule has 0 spiro atoms. The van der Waals surface area contributed by atoms with Crippen LogP contribution in [0.2, 0.25) is 0 Å². The smallest absolute Gasteiger partial charge is 0.406 e. The van der Waals surface area contributed by atoms with Gasteiger partial charge in [0.15, 0.2) is 0 Å². The molecular formula is C19H18N4O4S. The van der Waals surface area contributed by atoms with Crippen molar-refractivity contribution in [2.75, 3.05) is 5.32 Å². The van der Waals surface area contributed by atoms with Gasteiger partial charge >= 0.3 is 5.82 Å². The Hall–Kier alpha value is -3.33. The highest BCUT2D eigenvalue weighted by Crippen LogP contribution is 2.25. The molecule has 0 saturated heterocycles. The first-order chi connectivity index (χ1) is 13.4. The fraction of sp³-hybridized carbons (Fsp3) is 0.211. The second kappa shape index (κ2) is 8.57. The number of nitro groups is 1. The van der Waals surface area contributed by atoms with Crippen LogP contribution >= 0.6 is 11.3 Å². The largest absolute Gasteiger partial charge is 0.479 e. The number of anilines is 1. The number of rotatable bonds is 7. The zero-order valence-electron chi connectivity index (χ0n) is 15.3. The number of carbonyl (C=O) groups is 1. The maximum atomic E-state index is 12.2. The summed E-state index contributed by atoms with van der Waals surface area (Å²) in [7, 11) is 0. The van der Waals surface area contributed by atoms with Crippen LogP contribution in [-0.4, -0.2) is 20.8 Å². The van der Waals surface area contributed by atoms with Crippen molar-refractivity contribution in [1.29, 1.82) is 0 Å². The van der Waals surface area contributed by atoms with Crippen LogP contribution in [0.1, 0.15) is 22.0 Å². The van der Waals surface area contributed by atoms with Crippen LogP contribution in [0.25, 0.3) is 0 Å². The molecule has 0 bridgehead atoms. The van der Waals surface area contributed by atoms with E-state index in [2.05, 4.69) is 15.3 Å². The fourth-order valence-electron chi connectivity index (χ4n) is 2.47. The van der Waals surface area contributed by atoms with Crippen LogP contribution in [0.4, 0.5) is 11.5 Å². The van der Waals surface area contributed by atoms with Gasteiger partial charge in [-0.3, -0.25) is 4.79 Å². The Bertz CT molecular complexity index is 1020. The minimum absolute atomic E-state index is 0.0570. The summed E-state index contributed by atoms with van der Waals surface area (Å²) in [6.07, 6.45) is 0.144. The van der Waals surface area contributed by atoms with Crippen molar-refractivity contribution >= 4 is 28.7 Å². The molecule has 9 heteroatoms. The third-order valence-electron chi connectivity index (χ3n) is 3.86. The molecule has 2 heterocycles. The Morgan fingerprint density at radius 1 is 1.21 bits per heavy atom. The van der Waals surface area contributed by atoms with Crippen molar-refractivity contribution in [1.82, 2.24) is 9.97 Å². The molecule has 0 aliphatic rings. The third-order valence-corrected chi connectivity index (χ3v) is 4.75. The standard InChI is InChI=1S/C19H18N4O4S/c1-12-5-3-4-6-15(12)22-17(24)9-18-21-14(11-28-18)10-27-16-8-7-13(2)20-19(16)23(25)26/h3-8,11H,9-10H2,1-2H3,(H,22,24). The van der Waals surface area contributed by atoms with E-state index in [0.717, 1.165) is 11.3 Å². The Kier molecular flexibility index (Phi) is 5.95. The van der Waals surface area contributed by atoms with Gasteiger partial charge in [0.2, 0.25) is 11.7 Å². The summed E-state index contributed by atoms with van der Waals surface area (Å²) in [5, 5.41) is 16.4. The van der Waals surface area contributed by atoms with E-state index in [1.165, 1.54) is 17.4 Å². The molecule has 0 radical (unpaired) electrons. The number of thiazole rings is 1. The van der Waals surface area contributed by atoms with E-state index < -0.39 is 4.92 Å². The normalized spacial score (nSPS) is 10.5. The van der Waals surface area contributed by atoms with Crippen LogP contribution < -0.4 is 10.1 Å². The molecule has 1 aromatic carbocycles. The van der Waals surface area contributed by atoms with E-state index >= 15 is 0 Å². The summed E-state index contributed by atoms with van der Waals surface area (Å²) in [5.74, 6) is -0.398. The number of aryl methyl sites for hydroxylation is 2. The first-order valence-corrected chi connectivity index (χ1v) is 9.34. The monoisotopic (exact) mass is 398 g/mol. The fourth-order valence-corrected chi connectivity index (χ4v) is 3.24. The molecule has 0 atom stereocenters. The Balaban J connectivity index is 1.60. The van der Waals surface area contributed by atoms with Crippen molar-refractivity contribution < 1.29 is 14.5 Å². The number of nitrogens with zero attached hydrogens (tertiary/aromatic N) is 3. The Labute approximate surface area is 165 Å². The number of ether oxygens (including phenoxy) is 1. The zero-order chi connectivity index (χ0) is 20.1. The number of hydrogen-bond donors (Lipinski definition) is 1. The highest BCUT2D eigenvalue weighted by molar-refractivity contribution is 7.09. The molecule has 28 heavy (non-hydrogen) atoms. The van der Waals surface area contributed by atoms with Gasteiger partial charge in [0.05, 0.1) is 12.1 Å². The maximum Gasteiger partial charge on any atom is 0.406 e. The summed E-state index contributed by atoms with van der Waals surface area (Å²) in [6, 6.07) is 10.7. The number of benzene rings is 1. The lowest BCUT2D eigenvalue weighted by Crippen LogP contribution is -2.15. The van der Waals surface area contributed by atoms with Gasteiger partial charge in [-0.1, -0.05) is 18.2 Å². The molecule has 1 N–H and O–H groups in total. The topological polar surface area (TPSA) is 107 Å². The van der Waals surface area contributed by atoms with Crippen molar-refractivity contribution in [2.45, 2.75) is 26.9 Å². The van der Waals surface area contributed by atoms with Gasteiger partial charge in [-0.2, -0.15) is 0 Å². The number of para-hydroxylation sites is 1. The summed E-state index contributed by atoms with van der Waals surface area (Å²) < 4.78 is 5.51. The van der Waals surface area contributed by atoms with Gasteiger partial charge in [-0.15, -0.1) is 11.3 Å². The Morgan fingerprint density at radius 2 is 2.00 bits per heavy atom. The van der Waals surface area contributed by atoms with Gasteiger partial charge in [0, 0.05) is 18.0 Å². The molecule has 0 aliphatic heterocycles. The molecule has 2 aromatic heterocycles. The summed E-state index contributed by atoms with van der Waals surface area (Å²) in [4.78, 5) is 31.0. The molecule has 0 saturated carbocycles. The lowest BCUT2D eigenvalue weighted by atomic mass is 10.2. The van der Waals surface area contributed by atoms with E-state index in [1.807, 2.05) is 31.2 Å². The van der Waals surface area contributed by atoms with E-state index in [0.29, 0.717) is 16.4 Å². The average Bonchev–Trinajstić information content (AvgIpc) is 3.09. The molecular weight excluding hydrogens is 380 g/mol. The van der Waals surface area contributed by atoms with E-state index in [9.17, 15) is 14.9 Å². The SMILES string of the molecule is Cc1ccc(OCc2csc(CC(=O)Nc3ccccc3C)n2)c([N+](=O)[O-])n1. The zero-order valence-corrected chi connectivity index (χ0v) is 16.2. The Morgan fingerprint density at radius 3 is 2.75 bits per heavy atom. The predicted molar refractivity (Wildman–Crippen MR) is 106 cm³/mol. The van der Waals surface area contributed by atoms with Crippen LogP contribution in [0.3, 0.4) is 0 Å². The molecule has 1 amide bonds. The van der Waals surface area contributed by atoms with Gasteiger partial charge in [-0.25, -0.2) is 4.98 Å². The van der Waals surface area contributed by atoms with Crippen molar-refractivity contribution in [2.24, 2.45) is 0 Å². The van der Waals surface area contributed by atoms with Crippen LogP contribution in [0.5, 0.6) is 5.75 Å². The van der Waals surface area contributed by atoms with E-state index in [-0.39, 0.29) is 30.5 Å². The first-order valence-electron chi connectivity index (χ1n) is 8.46. The van der Waals surface area contributed by atoms with E-state index in [1.54, 1.807) is 18.4 Å². The molecule has 8 nitrogen and oxygen atoms in total. The molecule has 0 unspecified atom stereocenters. The van der Waals surface area contributed by atoms with Gasteiger partial charge in [0.1, 0.15) is 17.3 Å². The third kappa shape index (κ3) is 4.89. The number of aromatic nitrogens is 2. The van der Waals surface area contributed by atoms with Crippen LogP contribution in [-0.2, 0) is 17.8 Å². The van der Waals surface area contributed by atoms with Gasteiger partial charge in [0.25, 0.3) is 0 Å². The lowest BCUT2D eigenvalue weighted by Gasteiger charge is -2.06. The minimum atomic E-state index is -0.579. The summed E-state index contributed by atoms with van der Waals surface area (Å²) >= 11 is 1.34. The van der Waals surface area contributed by atoms with Gasteiger partial charge < -0.3 is 20.2 Å². The highest BCUT2D eigenvalue weighted by atomic mass is 32.1. The van der Waals surface area contributed by atoms with Crippen LogP contribution in [0, 0.1) is 24.0 Å². The maximum absolute atomic E-state index is 12.2. The summed E-state index contributed by atoms with van der Waals surface area (Å²) in [6.45, 7) is 3.65. The second-order valence-corrected chi connectivity index (χ2v) is 7.04. The molecule has 0 aliphatic carbocycles. The lowest BCUT2D eigenvalue weighted by molar-refractivity contribution is -0.390. The van der Waals surface area contributed by atoms with Crippen LogP contribution in [0.15, 0.2) is 41.8 Å². The number of carbonyl (C=O) groups excluding carboxylic acids is 1. The molecule has 144 valence electrons. The van der Waals surface area contributed by atoms with E-state index in [4.69, 9.17) is 4.74 Å². The average molecular weight is 398 g/mol. The second-order valence-electron chi connectivity index (χ2n) is 6.09. The predicted octanol–water partition coefficient (Wildman–Crippen LogP) is 3.82. The number of nitrogens with one attached hydrogen (secondary N) is 1. The highest BCUT2D eigenvalue weighted by Gasteiger charge is 2.18. The number of hydrogen-bond acceptors (Lipinski definition) is 7. The summed E-state index contributed by atoms with van der Waals surface area (Å²) in [5.41, 5.74) is 2.89. The van der Waals surface area contributed by atoms with Crippen molar-refractivity contribution in [3.63, 3.8) is 0 Å². The van der Waals surface area contributed by atoms with Crippen molar-refractivity contribution in [3.8, 4) is 5.75 Å². The quantitative estimate of drug-likeness (QED) is 0.479. The van der Waals surface area contributed by atoms with Gasteiger partial charge in [-0.05, 0) is 40.6 Å². The minimum Gasteiger partial charge on any atom is -0.479 e. The number of pyridine rings is 1. The molecule has 3 rings (SSSR count). The van der Waals surface area contributed by atoms with Crippen molar-refractivity contribution in [3.05, 3.63) is 73.9 Å². The first kappa shape index (κ1) is 19.4. The number of amides is 1. The molecule has 3 aromatic rings.